The number of fused-ring (bicyclic) bond motifs is 13. The van der Waals surface area contributed by atoms with Crippen molar-refractivity contribution < 1.29 is 23.3 Å². The van der Waals surface area contributed by atoms with E-state index in [9.17, 15) is 19.2 Å². The number of hydrogen-bond donors (Lipinski definition) is 0. The lowest BCUT2D eigenvalue weighted by molar-refractivity contribution is 0.590. The van der Waals surface area contributed by atoms with Gasteiger partial charge in [-0.05, 0) is 234 Å². The molecule has 20 aromatic rings. The van der Waals surface area contributed by atoms with Gasteiger partial charge in [0.05, 0.1) is 67.8 Å². The first-order chi connectivity index (χ1) is 66.0. The van der Waals surface area contributed by atoms with Crippen molar-refractivity contribution in [3.63, 3.8) is 0 Å². The van der Waals surface area contributed by atoms with Gasteiger partial charge in [-0.15, -0.1) is 0 Å². The van der Waals surface area contributed by atoms with Gasteiger partial charge in [-0.3, -0.25) is 0 Å². The SMILES string of the molecule is [2H]c1c([2H])c([2H])c(N(c2ccccc2)c2ccc3c(c2)c2c([2H])c([2H])c([2H])c([2H])c2n3-c2ccc3c(c2)N(c2cc(-c4ccccc4)cc(-c4ccccc4)c2)c2cc(-n4c5c([2H])c([2H])c([2H])c([2H])c5c5c([2H])c([2H])c([2H])c([2H])c54)cc4c2B3c2ccc(-n3c5ccc(C(C)(C)C)cc5c5cc(C(C)(C)C)ccc53)cc2N4c2c(-c3ccccc3)cc(C(C)(C)C)cc2-c2ccccc2)c([2H])c1[2H]. The molecule has 0 saturated heterocycles. The van der Waals surface area contributed by atoms with Crippen molar-refractivity contribution in [1.82, 2.24) is 13.7 Å². The van der Waals surface area contributed by atoms with E-state index in [1.807, 2.05) is 102 Å². The second-order valence-corrected chi connectivity index (χ2v) is 34.9. The monoisotopic (exact) mass is 1570 g/mol. The molecule has 2 aliphatic heterocycles. The second-order valence-electron chi connectivity index (χ2n) is 34.9. The van der Waals surface area contributed by atoms with Crippen LogP contribution in [0.2, 0.25) is 0 Å². The number of aromatic nitrogens is 3. The quantitative estimate of drug-likeness (QED) is 0.114. The van der Waals surface area contributed by atoms with Gasteiger partial charge in [-0.25, -0.2) is 0 Å². The maximum atomic E-state index is 10.4. The largest absolute Gasteiger partial charge is 0.311 e. The zero-order valence-electron chi connectivity index (χ0n) is 85.4. The first kappa shape index (κ1) is 56.9. The summed E-state index contributed by atoms with van der Waals surface area (Å²) in [5.41, 5.74) is 19.9. The highest BCUT2D eigenvalue weighted by atomic mass is 15.2. The first-order valence-corrected chi connectivity index (χ1v) is 41.2. The Bertz CT molecular complexity index is 8320. The van der Waals surface area contributed by atoms with Crippen LogP contribution in [0.3, 0.4) is 0 Å². The molecule has 580 valence electrons. The summed E-state index contributed by atoms with van der Waals surface area (Å²) in [5.74, 6) is 0. The standard InChI is InChI=1S/C114H91BN6/c1-112(2,3)80-52-59-103-95(65-80)96-66-81(113(4,5)6)53-60-104(96)118(103)87-55-58-99-107(71-87)121(111-93(76-38-20-12-21-39-76)67-82(114(7,8)9)68-94(111)77-40-22-13-23-41-77)109-73-89(119-100-49-31-28-46-90(100)91-47-29-32-50-101(91)119)72-108-110(109)115(99)98-57-54-86(70-106(98)120(108)88-63-78(74-34-16-10-17-35-74)62-79(64-88)75-36-18-11-19-37-75)117-102-51-33-30-48-92(102)97-69-85(56-61-105(97)117)116(83-42-24-14-25-43-83)84-44-26-15-27-45-84/h10-73H,1-9H3/i14D,24D,25D,28D,29D,30D,31D,32D,33D,42D,43D,46D,47D,48D,49D,50D,51D. The summed E-state index contributed by atoms with van der Waals surface area (Å²) in [4.78, 5) is 6.16. The number of para-hydroxylation sites is 5. The lowest BCUT2D eigenvalue weighted by Crippen LogP contribution is -2.61. The minimum absolute atomic E-state index is 0.0985. The Morgan fingerprint density at radius 3 is 1.12 bits per heavy atom. The molecule has 0 atom stereocenters. The summed E-state index contributed by atoms with van der Waals surface area (Å²) in [6, 6.07) is 88.0. The zero-order valence-corrected chi connectivity index (χ0v) is 68.4. The number of nitrogens with zero attached hydrogens (tertiary/aromatic N) is 6. The van der Waals surface area contributed by atoms with E-state index in [4.69, 9.17) is 4.11 Å². The summed E-state index contributed by atoms with van der Waals surface area (Å²) in [6.07, 6.45) is 0. The van der Waals surface area contributed by atoms with Crippen LogP contribution in [0.25, 0.3) is 127 Å². The van der Waals surface area contributed by atoms with Gasteiger partial charge in [-0.2, -0.15) is 0 Å². The normalized spacial score (nSPS) is 14.8. The summed E-state index contributed by atoms with van der Waals surface area (Å²) >= 11 is 0. The molecule has 6 nitrogen and oxygen atoms in total. The van der Waals surface area contributed by atoms with E-state index in [0.29, 0.717) is 50.7 Å². The molecule has 0 amide bonds. The Kier molecular flexibility index (Phi) is 13.2. The molecule has 121 heavy (non-hydrogen) atoms. The summed E-state index contributed by atoms with van der Waals surface area (Å²) in [5, 5.41) is 2.39. The highest BCUT2D eigenvalue weighted by Gasteiger charge is 2.46. The Balaban J connectivity index is 0.941. The second kappa shape index (κ2) is 28.2. The number of anilines is 9. The highest BCUT2D eigenvalue weighted by Crippen LogP contribution is 2.55. The molecule has 7 heteroatoms. The molecule has 5 heterocycles. The van der Waals surface area contributed by atoms with Crippen LogP contribution in [-0.4, -0.2) is 20.4 Å². The van der Waals surface area contributed by atoms with Gasteiger partial charge in [0.2, 0.25) is 0 Å². The van der Waals surface area contributed by atoms with Gasteiger partial charge in [0.15, 0.2) is 0 Å². The van der Waals surface area contributed by atoms with E-state index < -0.39 is 103 Å². The molecule has 17 aromatic carbocycles. The Morgan fingerprint density at radius 2 is 0.645 bits per heavy atom. The molecular formula is C114H91BN6. The van der Waals surface area contributed by atoms with E-state index in [1.165, 1.54) is 11.1 Å². The van der Waals surface area contributed by atoms with Crippen LogP contribution in [0.5, 0.6) is 0 Å². The van der Waals surface area contributed by atoms with Gasteiger partial charge >= 0.3 is 0 Å². The van der Waals surface area contributed by atoms with E-state index in [2.05, 4.69) is 222 Å². The molecule has 0 radical (unpaired) electrons. The minimum atomic E-state index is -0.789. The predicted octanol–water partition coefficient (Wildman–Crippen LogP) is 29.1. The van der Waals surface area contributed by atoms with Crippen molar-refractivity contribution in [1.29, 1.82) is 0 Å². The van der Waals surface area contributed by atoms with E-state index in [1.54, 1.807) is 51.9 Å². The molecule has 22 rings (SSSR count). The third-order valence-corrected chi connectivity index (χ3v) is 24.5. The first-order valence-electron chi connectivity index (χ1n) is 49.7. The average Bonchev–Trinajstić information content (AvgIpc) is 0.942. The number of rotatable bonds is 12. The van der Waals surface area contributed by atoms with Crippen molar-refractivity contribution in [2.45, 2.75) is 78.6 Å². The van der Waals surface area contributed by atoms with Crippen molar-refractivity contribution in [3.8, 4) is 61.6 Å². The third-order valence-electron chi connectivity index (χ3n) is 24.5. The van der Waals surface area contributed by atoms with Gasteiger partial charge < -0.3 is 28.4 Å². The molecule has 2 aliphatic rings. The maximum Gasteiger partial charge on any atom is 0.252 e. The molecule has 0 fully saturated rings. The third kappa shape index (κ3) is 12.1. The van der Waals surface area contributed by atoms with E-state index >= 15 is 0 Å². The summed E-state index contributed by atoms with van der Waals surface area (Å²) in [7, 11) is 0. The van der Waals surface area contributed by atoms with E-state index in [0.717, 1.165) is 105 Å². The Labute approximate surface area is 732 Å². The molecule has 0 saturated carbocycles. The Morgan fingerprint density at radius 1 is 0.256 bits per heavy atom. The van der Waals surface area contributed by atoms with Crippen LogP contribution in [0, 0.1) is 0 Å². The number of benzene rings is 17. The molecule has 0 N–H and O–H groups in total. The van der Waals surface area contributed by atoms with Gasteiger partial charge in [0.25, 0.3) is 6.71 Å². The fourth-order valence-corrected chi connectivity index (χ4v) is 18.6. The molecular weight excluding hydrogens is 1460 g/mol. The van der Waals surface area contributed by atoms with Gasteiger partial charge in [-0.1, -0.05) is 299 Å². The minimum Gasteiger partial charge on any atom is -0.311 e. The predicted molar refractivity (Wildman–Crippen MR) is 516 cm³/mol. The van der Waals surface area contributed by atoms with Crippen LogP contribution in [0.15, 0.2) is 388 Å². The van der Waals surface area contributed by atoms with Crippen molar-refractivity contribution in [2.24, 2.45) is 0 Å². The Hall–Kier alpha value is -14.4. The fraction of sp³-hybridized carbons (Fsp3) is 0.105. The van der Waals surface area contributed by atoms with Crippen molar-refractivity contribution >= 4 is 140 Å². The van der Waals surface area contributed by atoms with Crippen LogP contribution in [-0.2, 0) is 16.2 Å². The van der Waals surface area contributed by atoms with Crippen molar-refractivity contribution in [3.05, 3.63) is 405 Å². The molecule has 0 bridgehead atoms. The smallest absolute Gasteiger partial charge is 0.252 e. The van der Waals surface area contributed by atoms with Crippen LogP contribution in [0.1, 0.15) is 102 Å². The lowest BCUT2D eigenvalue weighted by atomic mass is 9.33. The van der Waals surface area contributed by atoms with Gasteiger partial charge in [0, 0.05) is 100 Å². The molecule has 0 spiro atoms. The maximum absolute atomic E-state index is 10.4. The van der Waals surface area contributed by atoms with Crippen LogP contribution < -0.4 is 31.1 Å². The highest BCUT2D eigenvalue weighted by molar-refractivity contribution is 7.00. The average molecular weight is 1570 g/mol. The topological polar surface area (TPSA) is 24.5 Å². The summed E-state index contributed by atoms with van der Waals surface area (Å²) < 4.78 is 170. The summed E-state index contributed by atoms with van der Waals surface area (Å²) in [6.45, 7) is 19.3. The molecule has 3 aromatic heterocycles. The van der Waals surface area contributed by atoms with Gasteiger partial charge in [0.1, 0.15) is 0 Å². The number of hydrogen-bond acceptors (Lipinski definition) is 3. The van der Waals surface area contributed by atoms with Crippen molar-refractivity contribution in [2.75, 3.05) is 14.7 Å². The lowest BCUT2D eigenvalue weighted by Gasteiger charge is -2.45. The molecule has 0 unspecified atom stereocenters. The molecule has 0 aliphatic carbocycles. The zero-order chi connectivity index (χ0) is 96.5. The van der Waals surface area contributed by atoms with Crippen LogP contribution >= 0.6 is 0 Å². The van der Waals surface area contributed by atoms with Crippen LogP contribution in [0.4, 0.5) is 51.2 Å². The fourth-order valence-electron chi connectivity index (χ4n) is 18.6. The van der Waals surface area contributed by atoms with E-state index in [-0.39, 0.29) is 67.0 Å².